The van der Waals surface area contributed by atoms with E-state index < -0.39 is 9.03 Å². The highest BCUT2D eigenvalue weighted by Crippen LogP contribution is 2.21. The quantitative estimate of drug-likeness (QED) is 0.448. The molecule has 6 heavy (non-hydrogen) atoms. The minimum Gasteiger partial charge on any atom is -0.352 e. The summed E-state index contributed by atoms with van der Waals surface area (Å²) < 4.78 is 8.81. The van der Waals surface area contributed by atoms with Gasteiger partial charge in [-0.2, -0.15) is 0 Å². The Morgan fingerprint density at radius 3 is 2.50 bits per heavy atom. The minimum atomic E-state index is -0.448. The maximum Gasteiger partial charge on any atom is 0.160 e. The van der Waals surface area contributed by atoms with E-state index in [0.717, 1.165) is 0 Å². The van der Waals surface area contributed by atoms with Gasteiger partial charge in [-0.15, -0.1) is 0 Å². The van der Waals surface area contributed by atoms with Crippen LogP contribution in [-0.2, 0) is 8.83 Å². The zero-order valence-electron chi connectivity index (χ0n) is 3.26. The SMILES string of the molecule is COPOPO. The van der Waals surface area contributed by atoms with Crippen molar-refractivity contribution in [2.45, 2.75) is 0 Å². The van der Waals surface area contributed by atoms with Crippen LogP contribution in [0.25, 0.3) is 0 Å². The summed E-state index contributed by atoms with van der Waals surface area (Å²) in [4.78, 5) is 7.93. The Labute approximate surface area is 39.9 Å². The predicted octanol–water partition coefficient (Wildman–Crippen LogP) is 0.659. The molecule has 2 atom stereocenters. The fourth-order valence-electron chi connectivity index (χ4n) is 0.0603. The molecule has 0 aliphatic carbocycles. The molecule has 0 saturated carbocycles. The summed E-state index contributed by atoms with van der Waals surface area (Å²) >= 11 is 0. The molecule has 0 aromatic heterocycles. The van der Waals surface area contributed by atoms with Gasteiger partial charge in [0.25, 0.3) is 0 Å². The number of hydrogen-bond donors (Lipinski definition) is 1. The van der Waals surface area contributed by atoms with E-state index in [1.807, 2.05) is 0 Å². The topological polar surface area (TPSA) is 38.7 Å². The average Bonchev–Trinajstić information content (AvgIpc) is 1.61. The summed E-state index contributed by atoms with van der Waals surface area (Å²) in [6, 6.07) is 0. The fourth-order valence-corrected chi connectivity index (χ4v) is 0.543. The molecule has 0 aromatic rings. The lowest BCUT2D eigenvalue weighted by atomic mass is 11.8. The van der Waals surface area contributed by atoms with Crippen molar-refractivity contribution in [3.8, 4) is 0 Å². The molecule has 1 N–H and O–H groups in total. The van der Waals surface area contributed by atoms with E-state index in [4.69, 9.17) is 4.89 Å². The van der Waals surface area contributed by atoms with Crippen molar-refractivity contribution in [2.24, 2.45) is 0 Å². The molecule has 0 bridgehead atoms. The molecule has 0 aliphatic heterocycles. The lowest BCUT2D eigenvalue weighted by Gasteiger charge is -1.90. The van der Waals surface area contributed by atoms with Crippen LogP contribution in [0.1, 0.15) is 0 Å². The van der Waals surface area contributed by atoms with E-state index in [-0.39, 0.29) is 9.03 Å². The van der Waals surface area contributed by atoms with Crippen LogP contribution in [0.15, 0.2) is 0 Å². The van der Waals surface area contributed by atoms with E-state index in [1.54, 1.807) is 0 Å². The Morgan fingerprint density at radius 2 is 2.33 bits per heavy atom. The third-order valence-corrected chi connectivity index (χ3v) is 1.04. The molecular formula is CH6O3P2. The summed E-state index contributed by atoms with van der Waals surface area (Å²) in [5.74, 6) is 0. The van der Waals surface area contributed by atoms with E-state index >= 15 is 0 Å². The summed E-state index contributed by atoms with van der Waals surface area (Å²) in [5.41, 5.74) is 0. The lowest BCUT2D eigenvalue weighted by Crippen LogP contribution is -1.57. The van der Waals surface area contributed by atoms with Crippen molar-refractivity contribution in [3.05, 3.63) is 0 Å². The van der Waals surface area contributed by atoms with E-state index in [9.17, 15) is 0 Å². The van der Waals surface area contributed by atoms with Crippen molar-refractivity contribution in [1.82, 2.24) is 0 Å². The molecule has 0 aliphatic rings. The van der Waals surface area contributed by atoms with E-state index in [1.165, 1.54) is 7.11 Å². The van der Waals surface area contributed by atoms with Gasteiger partial charge in [0.1, 0.15) is 0 Å². The second-order valence-electron chi connectivity index (χ2n) is 0.481. The third kappa shape index (κ3) is 4.74. The summed E-state index contributed by atoms with van der Waals surface area (Å²) in [5, 5.41) is 0. The first-order valence-corrected chi connectivity index (χ1v) is 2.92. The standard InChI is InChI=1S/CH6O3P2/c1-3-6-4-5-2/h2,5-6H,1H3. The van der Waals surface area contributed by atoms with Gasteiger partial charge in [-0.05, 0) is 0 Å². The van der Waals surface area contributed by atoms with Gasteiger partial charge in [0.05, 0.1) is 0 Å². The largest absolute Gasteiger partial charge is 0.352 e. The number of rotatable bonds is 3. The Kier molecular flexibility index (Phi) is 6.45. The van der Waals surface area contributed by atoms with Crippen molar-refractivity contribution >= 4 is 18.1 Å². The Balaban J connectivity index is 2.34. The van der Waals surface area contributed by atoms with Crippen LogP contribution in [0.2, 0.25) is 0 Å². The molecule has 3 nitrogen and oxygen atoms in total. The van der Waals surface area contributed by atoms with Gasteiger partial charge in [-0.1, -0.05) is 0 Å². The van der Waals surface area contributed by atoms with E-state index in [0.29, 0.717) is 0 Å². The predicted molar refractivity (Wildman–Crippen MR) is 26.9 cm³/mol. The Bertz CT molecular complexity index is 20.8. The van der Waals surface area contributed by atoms with Gasteiger partial charge in [0.2, 0.25) is 0 Å². The van der Waals surface area contributed by atoms with Crippen LogP contribution < -0.4 is 0 Å². The zero-order chi connectivity index (χ0) is 4.83. The summed E-state index contributed by atoms with van der Waals surface area (Å²) in [6.07, 6.45) is 0. The Hall–Kier alpha value is 0.740. The van der Waals surface area contributed by atoms with Gasteiger partial charge in [-0.3, -0.25) is 4.31 Å². The molecule has 0 fully saturated rings. The van der Waals surface area contributed by atoms with Crippen LogP contribution in [0.4, 0.5) is 0 Å². The maximum atomic E-state index is 7.93. The monoisotopic (exact) mass is 128 g/mol. The number of hydrogen-bond acceptors (Lipinski definition) is 3. The minimum absolute atomic E-state index is 0.0228. The van der Waals surface area contributed by atoms with Crippen LogP contribution in [0.5, 0.6) is 0 Å². The van der Waals surface area contributed by atoms with Crippen molar-refractivity contribution in [2.75, 3.05) is 7.11 Å². The molecule has 0 heterocycles. The maximum absolute atomic E-state index is 7.93. The van der Waals surface area contributed by atoms with Crippen LogP contribution >= 0.6 is 18.1 Å². The van der Waals surface area contributed by atoms with Crippen LogP contribution in [-0.4, -0.2) is 12.0 Å². The van der Waals surface area contributed by atoms with Gasteiger partial charge < -0.3 is 9.42 Å². The molecule has 0 rings (SSSR count). The first-order valence-electron chi connectivity index (χ1n) is 1.24. The van der Waals surface area contributed by atoms with Gasteiger partial charge in [-0.25, -0.2) is 0 Å². The van der Waals surface area contributed by atoms with E-state index in [2.05, 4.69) is 8.83 Å². The van der Waals surface area contributed by atoms with Gasteiger partial charge in [0, 0.05) is 7.11 Å². The van der Waals surface area contributed by atoms with Crippen LogP contribution in [0, 0.1) is 0 Å². The molecular weight excluding hydrogens is 122 g/mol. The smallest absolute Gasteiger partial charge is 0.160 e. The second kappa shape index (κ2) is 5.74. The van der Waals surface area contributed by atoms with Crippen molar-refractivity contribution in [3.63, 3.8) is 0 Å². The first-order chi connectivity index (χ1) is 2.91. The first kappa shape index (κ1) is 6.74. The molecule has 0 aromatic carbocycles. The van der Waals surface area contributed by atoms with Gasteiger partial charge >= 0.3 is 0 Å². The highest BCUT2D eigenvalue weighted by atomic mass is 31.2. The molecule has 0 saturated heterocycles. The zero-order valence-corrected chi connectivity index (χ0v) is 5.26. The molecule has 2 unspecified atom stereocenters. The van der Waals surface area contributed by atoms with Gasteiger partial charge in [0.15, 0.2) is 18.1 Å². The van der Waals surface area contributed by atoms with Crippen LogP contribution in [0.3, 0.4) is 0 Å². The highest BCUT2D eigenvalue weighted by molar-refractivity contribution is 7.40. The summed E-state index contributed by atoms with van der Waals surface area (Å²) in [7, 11) is 1.04. The highest BCUT2D eigenvalue weighted by Gasteiger charge is 1.74. The molecule has 5 heteroatoms. The molecule has 0 amide bonds. The molecule has 0 radical (unpaired) electrons. The normalized spacial score (nSPS) is 13.0. The van der Waals surface area contributed by atoms with Crippen molar-refractivity contribution in [1.29, 1.82) is 0 Å². The fraction of sp³-hybridized carbons (Fsp3) is 1.00. The average molecular weight is 128 g/mol. The summed E-state index contributed by atoms with van der Waals surface area (Å²) in [6.45, 7) is 0. The molecule has 0 spiro atoms. The lowest BCUT2D eigenvalue weighted by molar-refractivity contribution is 0.416. The van der Waals surface area contributed by atoms with Crippen molar-refractivity contribution < 1.29 is 13.7 Å². The Morgan fingerprint density at radius 1 is 1.67 bits per heavy atom. The second-order valence-corrected chi connectivity index (χ2v) is 2.05. The molecule has 38 valence electrons. The third-order valence-electron chi connectivity index (χ3n) is 0.171.